The minimum absolute atomic E-state index is 0.137. The van der Waals surface area contributed by atoms with Crippen LogP contribution in [-0.2, 0) is 7.05 Å². The summed E-state index contributed by atoms with van der Waals surface area (Å²) in [4.78, 5) is 17.1. The van der Waals surface area contributed by atoms with Gasteiger partial charge in [-0.05, 0) is 18.1 Å². The van der Waals surface area contributed by atoms with Crippen LogP contribution in [0.15, 0.2) is 41.6 Å². The lowest BCUT2D eigenvalue weighted by Crippen LogP contribution is -2.30. The molecular formula is C16H21N3O2S. The van der Waals surface area contributed by atoms with E-state index in [2.05, 4.69) is 17.2 Å². The van der Waals surface area contributed by atoms with E-state index in [0.717, 1.165) is 16.4 Å². The number of aromatic nitrogens is 2. The van der Waals surface area contributed by atoms with Gasteiger partial charge in [-0.1, -0.05) is 19.1 Å². The first kappa shape index (κ1) is 16.4. The molecule has 2 aromatic rings. The summed E-state index contributed by atoms with van der Waals surface area (Å²) in [5.41, 5.74) is 0. The molecule has 0 bridgehead atoms. The van der Waals surface area contributed by atoms with E-state index in [-0.39, 0.29) is 5.91 Å². The second-order valence-electron chi connectivity index (χ2n) is 5.14. The molecule has 0 radical (unpaired) electrons. The van der Waals surface area contributed by atoms with E-state index in [1.807, 2.05) is 31.3 Å². The molecule has 0 fully saturated rings. The number of aryl methyl sites for hydroxylation is 1. The normalized spacial score (nSPS) is 12.0. The van der Waals surface area contributed by atoms with Crippen molar-refractivity contribution in [3.05, 3.63) is 42.5 Å². The van der Waals surface area contributed by atoms with Crippen molar-refractivity contribution in [2.75, 3.05) is 19.4 Å². The highest BCUT2D eigenvalue weighted by atomic mass is 32.2. The number of para-hydroxylation sites is 1. The summed E-state index contributed by atoms with van der Waals surface area (Å²) >= 11 is 1.73. The fraction of sp³-hybridized carbons (Fsp3) is 0.375. The van der Waals surface area contributed by atoms with Gasteiger partial charge in [0.1, 0.15) is 5.75 Å². The molecule has 6 heteroatoms. The number of nitrogens with one attached hydrogen (secondary N) is 1. The first-order valence-corrected chi connectivity index (χ1v) is 8.11. The number of nitrogens with zero attached hydrogens (tertiary/aromatic N) is 2. The molecule has 2 rings (SSSR count). The van der Waals surface area contributed by atoms with Gasteiger partial charge in [0.2, 0.25) is 0 Å². The van der Waals surface area contributed by atoms with Crippen LogP contribution in [0.1, 0.15) is 17.5 Å². The van der Waals surface area contributed by atoms with Gasteiger partial charge in [0.15, 0.2) is 5.82 Å². The van der Waals surface area contributed by atoms with Gasteiger partial charge in [-0.3, -0.25) is 4.79 Å². The zero-order chi connectivity index (χ0) is 15.9. The van der Waals surface area contributed by atoms with Crippen molar-refractivity contribution in [2.24, 2.45) is 13.0 Å². The van der Waals surface area contributed by atoms with Crippen LogP contribution in [0, 0.1) is 5.92 Å². The number of imidazole rings is 1. The van der Waals surface area contributed by atoms with Crippen LogP contribution in [0.25, 0.3) is 0 Å². The van der Waals surface area contributed by atoms with Crippen molar-refractivity contribution in [1.29, 1.82) is 0 Å². The summed E-state index contributed by atoms with van der Waals surface area (Å²) in [6, 6.07) is 7.95. The second kappa shape index (κ2) is 7.89. The van der Waals surface area contributed by atoms with Gasteiger partial charge in [-0.25, -0.2) is 4.98 Å². The first-order chi connectivity index (χ1) is 10.6. The standard InChI is InChI=1S/C16H21N3O2S/c1-12(10-18-16(20)15-17-8-9-19(15)2)11-22-14-7-5-4-6-13(14)21-3/h4-9,12H,10-11H2,1-3H3,(H,18,20)/t12-/m1/s1. The van der Waals surface area contributed by atoms with Gasteiger partial charge in [-0.2, -0.15) is 0 Å². The molecule has 1 aromatic carbocycles. The third kappa shape index (κ3) is 4.27. The molecule has 1 aromatic heterocycles. The average Bonchev–Trinajstić information content (AvgIpc) is 2.97. The van der Waals surface area contributed by atoms with E-state index in [4.69, 9.17) is 4.74 Å². The van der Waals surface area contributed by atoms with Crippen LogP contribution < -0.4 is 10.1 Å². The molecule has 22 heavy (non-hydrogen) atoms. The van der Waals surface area contributed by atoms with Crippen molar-refractivity contribution in [3.8, 4) is 5.75 Å². The van der Waals surface area contributed by atoms with Gasteiger partial charge in [0, 0.05) is 36.6 Å². The number of carbonyl (C=O) groups excluding carboxylic acids is 1. The SMILES string of the molecule is COc1ccccc1SC[C@H](C)CNC(=O)c1nccn1C. The molecule has 1 heterocycles. The maximum Gasteiger partial charge on any atom is 0.287 e. The monoisotopic (exact) mass is 319 g/mol. The largest absolute Gasteiger partial charge is 0.496 e. The predicted octanol–water partition coefficient (Wildman–Crippen LogP) is 2.59. The second-order valence-corrected chi connectivity index (χ2v) is 6.20. The topological polar surface area (TPSA) is 56.1 Å². The van der Waals surface area contributed by atoms with Crippen molar-refractivity contribution in [1.82, 2.24) is 14.9 Å². The minimum atomic E-state index is -0.137. The summed E-state index contributed by atoms with van der Waals surface area (Å²) < 4.78 is 7.05. The molecule has 1 atom stereocenters. The lowest BCUT2D eigenvalue weighted by Gasteiger charge is -2.13. The number of benzene rings is 1. The molecule has 0 saturated heterocycles. The maximum atomic E-state index is 12.0. The number of rotatable bonds is 7. The Kier molecular flexibility index (Phi) is 5.89. The summed E-state index contributed by atoms with van der Waals surface area (Å²) in [6.07, 6.45) is 3.38. The molecule has 1 amide bonds. The van der Waals surface area contributed by atoms with Crippen LogP contribution in [0.3, 0.4) is 0 Å². The smallest absolute Gasteiger partial charge is 0.287 e. The summed E-state index contributed by atoms with van der Waals surface area (Å²) in [5.74, 6) is 2.43. The third-order valence-corrected chi connectivity index (χ3v) is 4.61. The fourth-order valence-electron chi connectivity index (χ4n) is 1.96. The van der Waals surface area contributed by atoms with E-state index >= 15 is 0 Å². The van der Waals surface area contributed by atoms with Crippen LogP contribution in [0.5, 0.6) is 5.75 Å². The highest BCUT2D eigenvalue weighted by Gasteiger charge is 2.12. The van der Waals surface area contributed by atoms with Crippen LogP contribution in [-0.4, -0.2) is 34.9 Å². The van der Waals surface area contributed by atoms with E-state index < -0.39 is 0 Å². The van der Waals surface area contributed by atoms with E-state index in [0.29, 0.717) is 18.3 Å². The number of thioether (sulfide) groups is 1. The van der Waals surface area contributed by atoms with Crippen molar-refractivity contribution < 1.29 is 9.53 Å². The summed E-state index contributed by atoms with van der Waals surface area (Å²) in [5, 5.41) is 2.92. The van der Waals surface area contributed by atoms with E-state index in [1.54, 1.807) is 35.8 Å². The molecule has 5 nitrogen and oxygen atoms in total. The Labute approximate surface area is 135 Å². The minimum Gasteiger partial charge on any atom is -0.496 e. The number of carbonyl (C=O) groups is 1. The van der Waals surface area contributed by atoms with Gasteiger partial charge in [0.05, 0.1) is 7.11 Å². The number of hydrogen-bond acceptors (Lipinski definition) is 4. The third-order valence-electron chi connectivity index (χ3n) is 3.23. The summed E-state index contributed by atoms with van der Waals surface area (Å²) in [6.45, 7) is 2.73. The molecule has 1 N–H and O–H groups in total. The Morgan fingerprint density at radius 2 is 2.23 bits per heavy atom. The van der Waals surface area contributed by atoms with Gasteiger partial charge in [-0.15, -0.1) is 11.8 Å². The highest BCUT2D eigenvalue weighted by molar-refractivity contribution is 7.99. The molecule has 0 saturated carbocycles. The van der Waals surface area contributed by atoms with E-state index in [9.17, 15) is 4.79 Å². The van der Waals surface area contributed by atoms with Crippen LogP contribution in [0.4, 0.5) is 0 Å². The van der Waals surface area contributed by atoms with Crippen LogP contribution in [0.2, 0.25) is 0 Å². The first-order valence-electron chi connectivity index (χ1n) is 7.13. The quantitative estimate of drug-likeness (QED) is 0.797. The lowest BCUT2D eigenvalue weighted by molar-refractivity contribution is 0.0936. The van der Waals surface area contributed by atoms with Gasteiger partial charge >= 0.3 is 0 Å². The molecule has 0 aliphatic rings. The Morgan fingerprint density at radius 3 is 2.91 bits per heavy atom. The molecule has 118 valence electrons. The van der Waals surface area contributed by atoms with Gasteiger partial charge < -0.3 is 14.6 Å². The van der Waals surface area contributed by atoms with Crippen molar-refractivity contribution >= 4 is 17.7 Å². The predicted molar refractivity (Wildman–Crippen MR) is 88.4 cm³/mol. The highest BCUT2D eigenvalue weighted by Crippen LogP contribution is 2.29. The van der Waals surface area contributed by atoms with Crippen LogP contribution >= 0.6 is 11.8 Å². The molecule has 0 unspecified atom stereocenters. The van der Waals surface area contributed by atoms with Crippen molar-refractivity contribution in [3.63, 3.8) is 0 Å². The van der Waals surface area contributed by atoms with E-state index in [1.165, 1.54) is 0 Å². The maximum absolute atomic E-state index is 12.0. The lowest BCUT2D eigenvalue weighted by atomic mass is 10.2. The molecule has 0 aliphatic heterocycles. The Hall–Kier alpha value is -1.95. The zero-order valence-electron chi connectivity index (χ0n) is 13.1. The number of hydrogen-bond donors (Lipinski definition) is 1. The number of methoxy groups -OCH3 is 1. The molecule has 0 spiro atoms. The summed E-state index contributed by atoms with van der Waals surface area (Å²) in [7, 11) is 3.48. The molecule has 0 aliphatic carbocycles. The zero-order valence-corrected chi connectivity index (χ0v) is 13.9. The Balaban J connectivity index is 1.80. The Morgan fingerprint density at radius 1 is 1.45 bits per heavy atom. The fourth-order valence-corrected chi connectivity index (χ4v) is 3.01. The van der Waals surface area contributed by atoms with Crippen molar-refractivity contribution in [2.45, 2.75) is 11.8 Å². The molecular weight excluding hydrogens is 298 g/mol. The number of amides is 1. The Bertz CT molecular complexity index is 627. The average molecular weight is 319 g/mol. The van der Waals surface area contributed by atoms with Gasteiger partial charge in [0.25, 0.3) is 5.91 Å². The number of ether oxygens (including phenoxy) is 1.